The normalized spacial score (nSPS) is 32.3. The van der Waals surface area contributed by atoms with Crippen molar-refractivity contribution < 1.29 is 9.13 Å². The first-order valence-corrected chi connectivity index (χ1v) is 6.60. The van der Waals surface area contributed by atoms with E-state index in [1.165, 1.54) is 19.6 Å². The Labute approximate surface area is 108 Å². The largest absolute Gasteiger partial charge is 0.497 e. The van der Waals surface area contributed by atoms with Crippen molar-refractivity contribution in [1.29, 1.82) is 0 Å². The van der Waals surface area contributed by atoms with Crippen molar-refractivity contribution in [1.82, 2.24) is 0 Å². The van der Waals surface area contributed by atoms with Gasteiger partial charge in [0, 0.05) is 17.2 Å². The molecule has 2 rings (SSSR count). The Kier molecular flexibility index (Phi) is 3.62. The van der Waals surface area contributed by atoms with E-state index in [0.717, 1.165) is 12.8 Å². The lowest BCUT2D eigenvalue weighted by Gasteiger charge is -2.42. The molecule has 2 nitrogen and oxygen atoms in total. The van der Waals surface area contributed by atoms with E-state index in [-0.39, 0.29) is 5.82 Å². The lowest BCUT2D eigenvalue weighted by Crippen LogP contribution is -2.47. The lowest BCUT2D eigenvalue weighted by atomic mass is 9.67. The molecule has 1 aliphatic carbocycles. The molecule has 100 valence electrons. The molecule has 0 bridgehead atoms. The van der Waals surface area contributed by atoms with Gasteiger partial charge in [-0.2, -0.15) is 0 Å². The van der Waals surface area contributed by atoms with Crippen LogP contribution in [0.1, 0.15) is 38.7 Å². The Hall–Kier alpha value is -1.09. The molecule has 1 fully saturated rings. The van der Waals surface area contributed by atoms with E-state index in [0.29, 0.717) is 23.1 Å². The van der Waals surface area contributed by atoms with Gasteiger partial charge in [-0.1, -0.05) is 26.3 Å². The summed E-state index contributed by atoms with van der Waals surface area (Å²) >= 11 is 0. The standard InChI is InChI=1S/C15H22FNO/c1-10-4-5-11(2)15(17,9-10)13-7-6-12(18-3)8-14(13)16/h6-8,10-11H,4-5,9,17H2,1-3H3. The van der Waals surface area contributed by atoms with E-state index in [4.69, 9.17) is 10.5 Å². The second-order valence-electron chi connectivity index (χ2n) is 5.67. The zero-order valence-corrected chi connectivity index (χ0v) is 11.4. The first-order valence-electron chi connectivity index (χ1n) is 6.60. The summed E-state index contributed by atoms with van der Waals surface area (Å²) in [5, 5.41) is 0. The second kappa shape index (κ2) is 4.88. The first kappa shape index (κ1) is 13.3. The maximum absolute atomic E-state index is 14.2. The van der Waals surface area contributed by atoms with Gasteiger partial charge in [0.05, 0.1) is 7.11 Å². The van der Waals surface area contributed by atoms with Gasteiger partial charge in [-0.15, -0.1) is 0 Å². The average molecular weight is 251 g/mol. The molecule has 1 aromatic rings. The number of nitrogens with two attached hydrogens (primary N) is 1. The molecule has 0 amide bonds. The fraction of sp³-hybridized carbons (Fsp3) is 0.600. The molecule has 18 heavy (non-hydrogen) atoms. The van der Waals surface area contributed by atoms with Gasteiger partial charge in [0.15, 0.2) is 0 Å². The first-order chi connectivity index (χ1) is 8.47. The average Bonchev–Trinajstić information content (AvgIpc) is 2.34. The van der Waals surface area contributed by atoms with Crippen molar-refractivity contribution in [3.05, 3.63) is 29.6 Å². The molecule has 0 saturated heterocycles. The zero-order valence-electron chi connectivity index (χ0n) is 11.4. The van der Waals surface area contributed by atoms with Crippen LogP contribution in [0, 0.1) is 17.7 Å². The van der Waals surface area contributed by atoms with Crippen molar-refractivity contribution in [3.63, 3.8) is 0 Å². The van der Waals surface area contributed by atoms with Crippen molar-refractivity contribution >= 4 is 0 Å². The number of hydrogen-bond acceptors (Lipinski definition) is 2. The molecule has 1 saturated carbocycles. The summed E-state index contributed by atoms with van der Waals surface area (Å²) in [4.78, 5) is 0. The highest BCUT2D eigenvalue weighted by atomic mass is 19.1. The number of rotatable bonds is 2. The summed E-state index contributed by atoms with van der Waals surface area (Å²) in [6.07, 6.45) is 3.08. The molecular formula is C15H22FNO. The van der Waals surface area contributed by atoms with Gasteiger partial charge in [-0.3, -0.25) is 0 Å². The third-order valence-electron chi connectivity index (χ3n) is 4.34. The number of methoxy groups -OCH3 is 1. The SMILES string of the molecule is COc1ccc(C2(N)CC(C)CCC2C)c(F)c1. The van der Waals surface area contributed by atoms with Crippen molar-refractivity contribution in [2.75, 3.05) is 7.11 Å². The van der Waals surface area contributed by atoms with Crippen LogP contribution >= 0.6 is 0 Å². The van der Waals surface area contributed by atoms with Crippen LogP contribution in [0.4, 0.5) is 4.39 Å². The maximum atomic E-state index is 14.2. The van der Waals surface area contributed by atoms with Crippen LogP contribution in [0.2, 0.25) is 0 Å². The Balaban J connectivity index is 2.39. The minimum atomic E-state index is -0.548. The fourth-order valence-corrected chi connectivity index (χ4v) is 3.05. The molecule has 0 spiro atoms. The Morgan fingerprint density at radius 2 is 2.06 bits per heavy atom. The highest BCUT2D eigenvalue weighted by Crippen LogP contribution is 2.43. The van der Waals surface area contributed by atoms with E-state index in [2.05, 4.69) is 13.8 Å². The predicted molar refractivity (Wildman–Crippen MR) is 71.0 cm³/mol. The van der Waals surface area contributed by atoms with Crippen LogP contribution in [0.5, 0.6) is 5.75 Å². The molecule has 3 heteroatoms. The summed E-state index contributed by atoms with van der Waals surface area (Å²) in [5.74, 6) is 1.14. The zero-order chi connectivity index (χ0) is 13.3. The quantitative estimate of drug-likeness (QED) is 0.873. The molecule has 2 N–H and O–H groups in total. The van der Waals surface area contributed by atoms with Gasteiger partial charge in [0.25, 0.3) is 0 Å². The van der Waals surface area contributed by atoms with Crippen molar-refractivity contribution in [2.24, 2.45) is 17.6 Å². The summed E-state index contributed by atoms with van der Waals surface area (Å²) in [5.41, 5.74) is 6.61. The van der Waals surface area contributed by atoms with Gasteiger partial charge in [0.1, 0.15) is 11.6 Å². The summed E-state index contributed by atoms with van der Waals surface area (Å²) in [7, 11) is 1.54. The Morgan fingerprint density at radius 1 is 1.33 bits per heavy atom. The van der Waals surface area contributed by atoms with Gasteiger partial charge in [-0.05, 0) is 30.7 Å². The van der Waals surface area contributed by atoms with E-state index in [1.54, 1.807) is 12.1 Å². The van der Waals surface area contributed by atoms with Crippen molar-refractivity contribution in [2.45, 2.75) is 38.6 Å². The fourth-order valence-electron chi connectivity index (χ4n) is 3.05. The van der Waals surface area contributed by atoms with Crippen molar-refractivity contribution in [3.8, 4) is 5.75 Å². The molecule has 0 aliphatic heterocycles. The summed E-state index contributed by atoms with van der Waals surface area (Å²) < 4.78 is 19.2. The number of hydrogen-bond donors (Lipinski definition) is 1. The summed E-state index contributed by atoms with van der Waals surface area (Å²) in [6.45, 7) is 4.31. The van der Waals surface area contributed by atoms with E-state index in [9.17, 15) is 4.39 Å². The number of halogens is 1. The van der Waals surface area contributed by atoms with Gasteiger partial charge < -0.3 is 10.5 Å². The predicted octanol–water partition coefficient (Wildman–Crippen LogP) is 3.44. The van der Waals surface area contributed by atoms with E-state index < -0.39 is 5.54 Å². The van der Waals surface area contributed by atoms with Crippen LogP contribution in [0.15, 0.2) is 18.2 Å². The van der Waals surface area contributed by atoms with Gasteiger partial charge in [-0.25, -0.2) is 4.39 Å². The van der Waals surface area contributed by atoms with Crippen LogP contribution in [-0.2, 0) is 5.54 Å². The molecule has 3 atom stereocenters. The molecule has 0 heterocycles. The summed E-state index contributed by atoms with van der Waals surface area (Å²) in [6, 6.07) is 5.00. The lowest BCUT2D eigenvalue weighted by molar-refractivity contribution is 0.157. The number of ether oxygens (including phenoxy) is 1. The molecular weight excluding hydrogens is 229 g/mol. The molecule has 0 radical (unpaired) electrons. The topological polar surface area (TPSA) is 35.2 Å². The van der Waals surface area contributed by atoms with Crippen LogP contribution in [0.25, 0.3) is 0 Å². The monoisotopic (exact) mass is 251 g/mol. The Bertz CT molecular complexity index is 435. The smallest absolute Gasteiger partial charge is 0.131 e. The van der Waals surface area contributed by atoms with Crippen LogP contribution < -0.4 is 10.5 Å². The third-order valence-corrected chi connectivity index (χ3v) is 4.34. The van der Waals surface area contributed by atoms with Crippen LogP contribution in [-0.4, -0.2) is 7.11 Å². The third kappa shape index (κ3) is 2.24. The minimum absolute atomic E-state index is 0.252. The second-order valence-corrected chi connectivity index (χ2v) is 5.67. The maximum Gasteiger partial charge on any atom is 0.131 e. The van der Waals surface area contributed by atoms with Gasteiger partial charge >= 0.3 is 0 Å². The van der Waals surface area contributed by atoms with Gasteiger partial charge in [0.2, 0.25) is 0 Å². The molecule has 1 aliphatic rings. The van der Waals surface area contributed by atoms with Crippen LogP contribution in [0.3, 0.4) is 0 Å². The van der Waals surface area contributed by atoms with E-state index >= 15 is 0 Å². The highest BCUT2D eigenvalue weighted by Gasteiger charge is 2.40. The number of benzene rings is 1. The Morgan fingerprint density at radius 3 is 2.67 bits per heavy atom. The highest BCUT2D eigenvalue weighted by molar-refractivity contribution is 5.34. The van der Waals surface area contributed by atoms with E-state index in [1.807, 2.05) is 0 Å². The molecule has 1 aromatic carbocycles. The molecule has 3 unspecified atom stereocenters. The minimum Gasteiger partial charge on any atom is -0.497 e. The molecule has 0 aromatic heterocycles.